The highest BCUT2D eigenvalue weighted by Crippen LogP contribution is 2.49. The number of hydrogen-bond acceptors (Lipinski definition) is 14. The average molecular weight is 959 g/mol. The summed E-state index contributed by atoms with van der Waals surface area (Å²) in [6, 6.07) is 16.0. The Morgan fingerprint density at radius 1 is 0.493 bits per heavy atom. The normalized spacial score (nSPS) is 19.4. The Hall–Kier alpha value is -6.52. The second-order valence-corrected chi connectivity index (χ2v) is 17.7. The molecule has 0 aromatic heterocycles. The van der Waals surface area contributed by atoms with Gasteiger partial charge in [0.25, 0.3) is 0 Å². The van der Waals surface area contributed by atoms with Gasteiger partial charge in [0.05, 0.1) is 125 Å². The molecule has 0 bridgehead atoms. The summed E-state index contributed by atoms with van der Waals surface area (Å²) in [7, 11) is 20.6. The van der Waals surface area contributed by atoms with Crippen LogP contribution in [0, 0.1) is 0 Å². The molecule has 2 aliphatic rings. The number of benzene rings is 4. The van der Waals surface area contributed by atoms with Crippen molar-refractivity contribution in [2.75, 3.05) is 125 Å². The molecule has 4 aromatic rings. The Labute approximate surface area is 406 Å². The average Bonchev–Trinajstić information content (AvgIpc) is 3.37. The first-order valence-electron chi connectivity index (χ1n) is 23.1. The maximum atomic E-state index is 12.9. The van der Waals surface area contributed by atoms with E-state index in [9.17, 15) is 9.59 Å². The summed E-state index contributed by atoms with van der Waals surface area (Å²) < 4.78 is 69.5. The lowest BCUT2D eigenvalue weighted by Crippen LogP contribution is -2.52. The lowest BCUT2D eigenvalue weighted by Gasteiger charge is -2.46. The van der Waals surface area contributed by atoms with E-state index in [4.69, 9.17) is 56.8 Å². The first kappa shape index (κ1) is 51.9. The number of quaternary nitrogens is 2. The predicted octanol–water partition coefficient (Wildman–Crippen LogP) is 7.27. The summed E-state index contributed by atoms with van der Waals surface area (Å²) in [5.74, 6) is 4.71. The highest BCUT2D eigenvalue weighted by Gasteiger charge is 2.43. The molecule has 0 spiro atoms. The van der Waals surface area contributed by atoms with Crippen molar-refractivity contribution in [3.05, 3.63) is 94.1 Å². The van der Waals surface area contributed by atoms with Gasteiger partial charge in [0.2, 0.25) is 11.5 Å². The molecule has 4 atom stereocenters. The number of methoxy groups -OCH3 is 10. The number of likely N-dealkylation sites (N-methyl/N-ethyl adjacent to an activating group) is 2. The standard InChI is InChI=1S/C53H70N2O14/c1-54(21-17-35-28-41(58-3)43(60-5)32-38(35)40(54)25-34-26-45(62-7)52(66-11)46(27-34)63-8)19-13-23-68-49(56)15-16-50(57)69-24-14-20-55(2)22-18-36-29-42(59-4)44(61-6)33-39(36)51(55)37-30-47(64-9)53(67-12)48(31-37)65-10/h15-16,26-33,40,51H,13-14,17-25H2,1-12H3/q+2/b16-15+/t40-,51+,54?,55?/m1/s1. The van der Waals surface area contributed by atoms with E-state index in [0.717, 1.165) is 65.9 Å². The minimum absolute atomic E-state index is 0.00465. The molecule has 0 saturated heterocycles. The fourth-order valence-electron chi connectivity index (χ4n) is 10.1. The summed E-state index contributed by atoms with van der Waals surface area (Å²) in [4.78, 5) is 25.8. The van der Waals surface area contributed by atoms with Crippen LogP contribution in [0.3, 0.4) is 0 Å². The van der Waals surface area contributed by atoms with E-state index in [-0.39, 0.29) is 25.3 Å². The highest BCUT2D eigenvalue weighted by atomic mass is 16.6. The molecule has 69 heavy (non-hydrogen) atoms. The maximum Gasteiger partial charge on any atom is 0.331 e. The highest BCUT2D eigenvalue weighted by molar-refractivity contribution is 5.91. The van der Waals surface area contributed by atoms with Crippen LogP contribution in [0.5, 0.6) is 57.5 Å². The van der Waals surface area contributed by atoms with Gasteiger partial charge in [-0.1, -0.05) is 0 Å². The second-order valence-electron chi connectivity index (χ2n) is 17.7. The summed E-state index contributed by atoms with van der Waals surface area (Å²) >= 11 is 0. The zero-order valence-corrected chi connectivity index (χ0v) is 42.3. The van der Waals surface area contributed by atoms with Crippen molar-refractivity contribution < 1.29 is 75.4 Å². The number of rotatable bonds is 23. The Morgan fingerprint density at radius 2 is 0.884 bits per heavy atom. The molecular formula is C53H70N2O14+2. The van der Waals surface area contributed by atoms with E-state index in [1.54, 1.807) is 71.1 Å². The Kier molecular flexibility index (Phi) is 17.4. The van der Waals surface area contributed by atoms with Gasteiger partial charge in [0.15, 0.2) is 46.0 Å². The van der Waals surface area contributed by atoms with Crippen LogP contribution in [0.15, 0.2) is 60.7 Å². The lowest BCUT2D eigenvalue weighted by molar-refractivity contribution is -0.941. The molecule has 2 unspecified atom stereocenters. The van der Waals surface area contributed by atoms with Crippen molar-refractivity contribution in [3.63, 3.8) is 0 Å². The van der Waals surface area contributed by atoms with Crippen molar-refractivity contribution in [2.45, 2.75) is 44.2 Å². The van der Waals surface area contributed by atoms with Crippen molar-refractivity contribution in [3.8, 4) is 57.5 Å². The molecule has 0 fully saturated rings. The molecule has 6 rings (SSSR count). The van der Waals surface area contributed by atoms with E-state index in [1.165, 1.54) is 5.56 Å². The number of hydrogen-bond donors (Lipinski definition) is 0. The van der Waals surface area contributed by atoms with Crippen LogP contribution in [-0.2, 0) is 38.3 Å². The van der Waals surface area contributed by atoms with Crippen LogP contribution in [0.1, 0.15) is 58.3 Å². The van der Waals surface area contributed by atoms with Crippen LogP contribution >= 0.6 is 0 Å². The fraction of sp³-hybridized carbons (Fsp3) is 0.472. The van der Waals surface area contributed by atoms with Gasteiger partial charge in [-0.2, -0.15) is 0 Å². The number of esters is 2. The van der Waals surface area contributed by atoms with Crippen LogP contribution < -0.4 is 47.4 Å². The van der Waals surface area contributed by atoms with Crippen molar-refractivity contribution >= 4 is 11.9 Å². The van der Waals surface area contributed by atoms with Crippen LogP contribution in [0.25, 0.3) is 0 Å². The Balaban J connectivity index is 1.08. The quantitative estimate of drug-likeness (QED) is 0.0318. The van der Waals surface area contributed by atoms with Crippen molar-refractivity contribution in [1.29, 1.82) is 0 Å². The van der Waals surface area contributed by atoms with Gasteiger partial charge in [-0.05, 0) is 65.2 Å². The predicted molar refractivity (Wildman–Crippen MR) is 259 cm³/mol. The van der Waals surface area contributed by atoms with Crippen molar-refractivity contribution in [1.82, 2.24) is 0 Å². The van der Waals surface area contributed by atoms with Gasteiger partial charge in [0.1, 0.15) is 12.1 Å². The third-order valence-corrected chi connectivity index (χ3v) is 13.7. The molecule has 0 radical (unpaired) electrons. The largest absolute Gasteiger partial charge is 0.493 e. The first-order valence-corrected chi connectivity index (χ1v) is 23.1. The maximum absolute atomic E-state index is 12.9. The van der Waals surface area contributed by atoms with Gasteiger partial charge in [-0.15, -0.1) is 0 Å². The summed E-state index contributed by atoms with van der Waals surface area (Å²) in [5.41, 5.74) is 6.57. The zero-order chi connectivity index (χ0) is 49.9. The van der Waals surface area contributed by atoms with Gasteiger partial charge in [0, 0.05) is 60.9 Å². The van der Waals surface area contributed by atoms with Crippen LogP contribution in [0.2, 0.25) is 0 Å². The topological polar surface area (TPSA) is 145 Å². The summed E-state index contributed by atoms with van der Waals surface area (Å²) in [5, 5.41) is 0. The van der Waals surface area contributed by atoms with E-state index in [2.05, 4.69) is 26.2 Å². The molecular weight excluding hydrogens is 889 g/mol. The Bertz CT molecular complexity index is 2420. The second kappa shape index (κ2) is 23.2. The van der Waals surface area contributed by atoms with E-state index < -0.39 is 11.9 Å². The number of carbonyl (C=O) groups excluding carboxylic acids is 2. The summed E-state index contributed by atoms with van der Waals surface area (Å²) in [6.45, 7) is 3.36. The SMILES string of the molecule is COc1cc2c(cc1OC)[C@H](c1cc(OC)c(OC)c(OC)c1)[N+](C)(CCCOC(=O)/C=C/C(=O)OCCC[N+]1(C)CCc3cc(OC)c(OC)cc3[C@H]1Cc1cc(OC)c(OC)c(OC)c1)CC2. The number of carbonyl (C=O) groups is 2. The molecule has 2 aliphatic heterocycles. The molecule has 16 nitrogen and oxygen atoms in total. The third kappa shape index (κ3) is 11.3. The van der Waals surface area contributed by atoms with Crippen molar-refractivity contribution in [2.24, 2.45) is 0 Å². The molecule has 16 heteroatoms. The van der Waals surface area contributed by atoms with E-state index in [1.807, 2.05) is 36.4 Å². The Morgan fingerprint density at radius 3 is 1.33 bits per heavy atom. The third-order valence-electron chi connectivity index (χ3n) is 13.7. The lowest BCUT2D eigenvalue weighted by atomic mass is 9.85. The molecule has 0 saturated carbocycles. The molecule has 0 aliphatic carbocycles. The zero-order valence-electron chi connectivity index (χ0n) is 42.3. The van der Waals surface area contributed by atoms with Gasteiger partial charge in [-0.3, -0.25) is 0 Å². The minimum Gasteiger partial charge on any atom is -0.493 e. The smallest absolute Gasteiger partial charge is 0.331 e. The molecule has 0 N–H and O–H groups in total. The monoisotopic (exact) mass is 958 g/mol. The van der Waals surface area contributed by atoms with Gasteiger partial charge < -0.3 is 65.8 Å². The first-order chi connectivity index (χ1) is 33.3. The van der Waals surface area contributed by atoms with E-state index >= 15 is 0 Å². The summed E-state index contributed by atoms with van der Waals surface area (Å²) in [6.07, 6.45) is 5.68. The van der Waals surface area contributed by atoms with Gasteiger partial charge in [-0.25, -0.2) is 9.59 Å². The van der Waals surface area contributed by atoms with Crippen LogP contribution in [0.4, 0.5) is 0 Å². The van der Waals surface area contributed by atoms with E-state index in [0.29, 0.717) is 98.8 Å². The molecule has 2 heterocycles. The molecule has 0 amide bonds. The number of nitrogens with zero attached hydrogens (tertiary/aromatic N) is 2. The molecule has 374 valence electrons. The molecule has 4 aromatic carbocycles. The van der Waals surface area contributed by atoms with Crippen LogP contribution in [-0.4, -0.2) is 145 Å². The minimum atomic E-state index is -0.622. The number of ether oxygens (including phenoxy) is 12. The fourth-order valence-corrected chi connectivity index (χ4v) is 10.1. The number of fused-ring (bicyclic) bond motifs is 2. The van der Waals surface area contributed by atoms with Gasteiger partial charge >= 0.3 is 11.9 Å².